The predicted octanol–water partition coefficient (Wildman–Crippen LogP) is 8.70. The number of unbranched alkanes of at least 4 members (excludes halogenated alkanes) is 1. The van der Waals surface area contributed by atoms with Gasteiger partial charge in [0.15, 0.2) is 0 Å². The van der Waals surface area contributed by atoms with Crippen LogP contribution in [-0.4, -0.2) is 52.3 Å². The smallest absolute Gasteiger partial charge is 0.264 e. The highest BCUT2D eigenvalue weighted by Crippen LogP contribution is 2.30. The molecule has 0 amide bonds. The maximum Gasteiger partial charge on any atom is 0.264 e. The molecule has 8 nitrogen and oxygen atoms in total. The Morgan fingerprint density at radius 3 is 1.93 bits per heavy atom. The number of aryl methyl sites for hydroxylation is 1. The number of fused-ring (bicyclic) bond motifs is 1. The van der Waals surface area contributed by atoms with Crippen molar-refractivity contribution in [1.29, 1.82) is 0 Å². The number of methoxy groups -OCH3 is 1. The van der Waals surface area contributed by atoms with Crippen LogP contribution < -0.4 is 15.4 Å². The van der Waals surface area contributed by atoms with E-state index >= 15 is 0 Å². The maximum atomic E-state index is 13.3. The Labute approximate surface area is 270 Å². The molecule has 3 aromatic rings. The summed E-state index contributed by atoms with van der Waals surface area (Å²) in [6.07, 6.45) is 3.60. The predicted molar refractivity (Wildman–Crippen MR) is 194 cm³/mol. The lowest BCUT2D eigenvalue weighted by molar-refractivity contribution is 0.277. The Bertz CT molecular complexity index is 1250. The minimum absolute atomic E-state index is 0.106. The van der Waals surface area contributed by atoms with E-state index in [4.69, 9.17) is 10.7 Å². The van der Waals surface area contributed by atoms with Crippen molar-refractivity contribution in [3.05, 3.63) is 48.3 Å². The van der Waals surface area contributed by atoms with Gasteiger partial charge in [0.1, 0.15) is 5.82 Å². The molecule has 1 unspecified atom stereocenters. The number of hydrogen-bond acceptors (Lipinski definition) is 6. The van der Waals surface area contributed by atoms with Crippen LogP contribution in [0.2, 0.25) is 0 Å². The summed E-state index contributed by atoms with van der Waals surface area (Å²) in [5.41, 5.74) is 8.84. The van der Waals surface area contributed by atoms with Gasteiger partial charge in [0.05, 0.1) is 21.6 Å². The average Bonchev–Trinajstić information content (AvgIpc) is 3.42. The highest BCUT2D eigenvalue weighted by molar-refractivity contribution is 7.92. The van der Waals surface area contributed by atoms with Crippen LogP contribution in [0.15, 0.2) is 47.4 Å². The fraction of sp³-hybridized carbons (Fsp3) is 0.629. The summed E-state index contributed by atoms with van der Waals surface area (Å²) < 4.78 is 34.3. The number of sulfonamides is 1. The first-order chi connectivity index (χ1) is 20.8. The SMILES string of the molecule is CC.CC.CCCC.CCn1c(C(C)(C)C)nc2cc(N(C)S(=O)(=O)c3ccc(NCCC(C)CN)cc3)ccc21.COC. The molecular weight excluding hydrogens is 570 g/mol. The Hall–Kier alpha value is -2.62. The Balaban J connectivity index is 0. The summed E-state index contributed by atoms with van der Waals surface area (Å²) in [6.45, 7) is 25.2. The second kappa shape index (κ2) is 22.8. The molecule has 44 heavy (non-hydrogen) atoms. The van der Waals surface area contributed by atoms with Crippen molar-refractivity contribution in [3.63, 3.8) is 0 Å². The van der Waals surface area contributed by atoms with Gasteiger partial charge in [-0.15, -0.1) is 0 Å². The fourth-order valence-electron chi connectivity index (χ4n) is 3.83. The van der Waals surface area contributed by atoms with Gasteiger partial charge in [0.25, 0.3) is 10.0 Å². The van der Waals surface area contributed by atoms with Crippen LogP contribution in [0, 0.1) is 5.92 Å². The van der Waals surface area contributed by atoms with E-state index in [1.54, 1.807) is 45.5 Å². The standard InChI is InChI=1S/C25H37N5O2S.C4H10.C2H6O.2C2H6/c1-7-30-23-13-10-20(16-22(23)28-24(30)25(3,4)5)29(6)33(31,32)21-11-8-19(9-12-21)27-15-14-18(2)17-26;1-3-4-2;1-3-2;2*1-2/h8-13,16,18,27H,7,14-15,17,26H2,1-6H3;3-4H2,1-2H3;1-2H3;2*1-2H3. The molecule has 0 bridgehead atoms. The number of anilines is 2. The number of rotatable bonds is 10. The van der Waals surface area contributed by atoms with Gasteiger partial charge in [-0.3, -0.25) is 4.31 Å². The van der Waals surface area contributed by atoms with Crippen molar-refractivity contribution in [3.8, 4) is 0 Å². The number of ether oxygens (including phenoxy) is 1. The van der Waals surface area contributed by atoms with E-state index in [0.29, 0.717) is 18.2 Å². The number of imidazole rings is 1. The van der Waals surface area contributed by atoms with Gasteiger partial charge in [-0.1, -0.05) is 82.1 Å². The first-order valence-corrected chi connectivity index (χ1v) is 17.7. The second-order valence-electron chi connectivity index (χ2n) is 11.1. The van der Waals surface area contributed by atoms with Crippen LogP contribution >= 0.6 is 0 Å². The number of nitrogens with two attached hydrogens (primary N) is 1. The molecule has 3 rings (SSSR count). The van der Waals surface area contributed by atoms with E-state index in [2.05, 4.69) is 63.1 Å². The monoisotopic (exact) mass is 635 g/mol. The van der Waals surface area contributed by atoms with Gasteiger partial charge in [0.2, 0.25) is 0 Å². The molecule has 3 N–H and O–H groups in total. The van der Waals surface area contributed by atoms with Crippen LogP contribution in [-0.2, 0) is 26.7 Å². The molecule has 1 heterocycles. The third-order valence-electron chi connectivity index (χ3n) is 6.46. The topological polar surface area (TPSA) is 102 Å². The van der Waals surface area contributed by atoms with Crippen LogP contribution in [0.1, 0.15) is 101 Å². The zero-order valence-electron chi connectivity index (χ0n) is 30.4. The number of aromatic nitrogens is 2. The van der Waals surface area contributed by atoms with Crippen LogP contribution in [0.3, 0.4) is 0 Å². The zero-order chi connectivity index (χ0) is 34.5. The molecule has 0 fully saturated rings. The van der Waals surface area contributed by atoms with Crippen molar-refractivity contribution < 1.29 is 13.2 Å². The highest BCUT2D eigenvalue weighted by atomic mass is 32.2. The van der Waals surface area contributed by atoms with Gasteiger partial charge in [0, 0.05) is 45.5 Å². The molecule has 0 saturated carbocycles. The highest BCUT2D eigenvalue weighted by Gasteiger charge is 2.25. The molecule has 9 heteroatoms. The summed E-state index contributed by atoms with van der Waals surface area (Å²) in [5.74, 6) is 1.44. The third kappa shape index (κ3) is 13.6. The molecular formula is C35H65N5O3S. The zero-order valence-corrected chi connectivity index (χ0v) is 31.2. The molecule has 0 radical (unpaired) electrons. The molecule has 0 saturated heterocycles. The van der Waals surface area contributed by atoms with Gasteiger partial charge in [-0.2, -0.15) is 0 Å². The molecule has 0 aliphatic carbocycles. The van der Waals surface area contributed by atoms with Crippen LogP contribution in [0.25, 0.3) is 11.0 Å². The second-order valence-corrected chi connectivity index (χ2v) is 13.0. The summed E-state index contributed by atoms with van der Waals surface area (Å²) in [6, 6.07) is 12.5. The summed E-state index contributed by atoms with van der Waals surface area (Å²) in [4.78, 5) is 5.09. The minimum Gasteiger partial charge on any atom is -0.388 e. The van der Waals surface area contributed by atoms with Crippen molar-refractivity contribution in [2.24, 2.45) is 11.7 Å². The molecule has 2 aromatic carbocycles. The molecule has 1 aromatic heterocycles. The average molecular weight is 636 g/mol. The van der Waals surface area contributed by atoms with Crippen LogP contribution in [0.5, 0.6) is 0 Å². The molecule has 1 atom stereocenters. The van der Waals surface area contributed by atoms with E-state index in [0.717, 1.165) is 42.1 Å². The first-order valence-electron chi connectivity index (χ1n) is 16.3. The van der Waals surface area contributed by atoms with E-state index < -0.39 is 10.0 Å². The largest absolute Gasteiger partial charge is 0.388 e. The van der Waals surface area contributed by atoms with Gasteiger partial charge < -0.3 is 20.4 Å². The lowest BCUT2D eigenvalue weighted by Crippen LogP contribution is -2.26. The minimum atomic E-state index is -3.70. The quantitative estimate of drug-likeness (QED) is 0.231. The van der Waals surface area contributed by atoms with Crippen molar-refractivity contribution in [2.45, 2.75) is 112 Å². The Morgan fingerprint density at radius 1 is 0.977 bits per heavy atom. The summed E-state index contributed by atoms with van der Waals surface area (Å²) in [5, 5.41) is 3.32. The lowest BCUT2D eigenvalue weighted by atomic mass is 9.96. The number of hydrogen-bond donors (Lipinski definition) is 2. The van der Waals surface area contributed by atoms with E-state index in [-0.39, 0.29) is 10.3 Å². The molecule has 254 valence electrons. The van der Waals surface area contributed by atoms with Crippen LogP contribution in [0.4, 0.5) is 11.4 Å². The molecule has 0 aliphatic rings. The van der Waals surface area contributed by atoms with Gasteiger partial charge >= 0.3 is 0 Å². The van der Waals surface area contributed by atoms with Gasteiger partial charge in [-0.05, 0) is 68.3 Å². The first kappa shape index (κ1) is 43.5. The normalized spacial score (nSPS) is 11.3. The lowest BCUT2D eigenvalue weighted by Gasteiger charge is -2.20. The van der Waals surface area contributed by atoms with Crippen molar-refractivity contribution in [2.75, 3.05) is 44.0 Å². The number of benzene rings is 2. The maximum absolute atomic E-state index is 13.3. The van der Waals surface area contributed by atoms with E-state index in [1.807, 2.05) is 45.9 Å². The van der Waals surface area contributed by atoms with Gasteiger partial charge in [-0.25, -0.2) is 13.4 Å². The summed E-state index contributed by atoms with van der Waals surface area (Å²) in [7, 11) is 1.13. The Morgan fingerprint density at radius 2 is 1.50 bits per heavy atom. The Kier molecular flexibility index (Phi) is 22.6. The third-order valence-corrected chi connectivity index (χ3v) is 8.26. The summed E-state index contributed by atoms with van der Waals surface area (Å²) >= 11 is 0. The van der Waals surface area contributed by atoms with E-state index in [9.17, 15) is 8.42 Å². The van der Waals surface area contributed by atoms with Crippen molar-refractivity contribution >= 4 is 32.4 Å². The molecule has 0 spiro atoms. The molecule has 0 aliphatic heterocycles. The fourth-order valence-corrected chi connectivity index (χ4v) is 5.02. The van der Waals surface area contributed by atoms with E-state index in [1.165, 1.54) is 17.1 Å². The number of nitrogens with one attached hydrogen (secondary N) is 1. The van der Waals surface area contributed by atoms with Crippen molar-refractivity contribution in [1.82, 2.24) is 9.55 Å². The number of nitrogens with zero attached hydrogens (tertiary/aromatic N) is 3.